The molecule has 3 rings (SSSR count). The minimum absolute atomic E-state index is 0.0808. The van der Waals surface area contributed by atoms with E-state index in [0.29, 0.717) is 42.2 Å². The Morgan fingerprint density at radius 2 is 1.81 bits per heavy atom. The van der Waals surface area contributed by atoms with E-state index in [4.69, 9.17) is 9.47 Å². The maximum Gasteiger partial charge on any atom is 0.295 e. The number of amides is 1. The van der Waals surface area contributed by atoms with Gasteiger partial charge < -0.3 is 24.4 Å². The maximum absolute atomic E-state index is 13.1. The summed E-state index contributed by atoms with van der Waals surface area (Å²) in [6, 6.07) is 13.4. The Labute approximate surface area is 188 Å². The van der Waals surface area contributed by atoms with Crippen molar-refractivity contribution >= 4 is 17.4 Å². The van der Waals surface area contributed by atoms with Crippen molar-refractivity contribution in [3.8, 4) is 11.5 Å². The molecule has 0 aromatic heterocycles. The first kappa shape index (κ1) is 23.3. The van der Waals surface area contributed by atoms with Crippen LogP contribution in [0.3, 0.4) is 0 Å². The Kier molecular flexibility index (Phi) is 7.53. The molecule has 170 valence electrons. The molecule has 1 aliphatic heterocycles. The zero-order valence-corrected chi connectivity index (χ0v) is 19.0. The molecule has 2 aromatic rings. The SMILES string of the molecule is CCOc1ccc([C@H]2/C(=C(\O)c3ccccc3)C(=O)C(=O)N2CCCN(C)C)cc1OC. The third kappa shape index (κ3) is 4.78. The molecule has 7 heteroatoms. The molecule has 0 radical (unpaired) electrons. The number of likely N-dealkylation sites (tertiary alicyclic amines) is 1. The van der Waals surface area contributed by atoms with Gasteiger partial charge in [0.15, 0.2) is 11.5 Å². The quantitative estimate of drug-likeness (QED) is 0.367. The predicted molar refractivity (Wildman–Crippen MR) is 123 cm³/mol. The van der Waals surface area contributed by atoms with Crippen molar-refractivity contribution in [3.05, 3.63) is 65.2 Å². The van der Waals surface area contributed by atoms with Gasteiger partial charge in [-0.1, -0.05) is 36.4 Å². The molecule has 1 saturated heterocycles. The number of hydrogen-bond donors (Lipinski definition) is 1. The molecule has 0 spiro atoms. The lowest BCUT2D eigenvalue weighted by Crippen LogP contribution is -2.32. The van der Waals surface area contributed by atoms with E-state index >= 15 is 0 Å². The van der Waals surface area contributed by atoms with Gasteiger partial charge in [0.05, 0.1) is 25.3 Å². The average Bonchev–Trinajstić information content (AvgIpc) is 3.04. The molecule has 1 N–H and O–H groups in total. The van der Waals surface area contributed by atoms with Gasteiger partial charge in [-0.15, -0.1) is 0 Å². The summed E-state index contributed by atoms with van der Waals surface area (Å²) in [5.74, 6) is -0.403. The Bertz CT molecular complexity index is 1000. The smallest absolute Gasteiger partial charge is 0.295 e. The van der Waals surface area contributed by atoms with Crippen molar-refractivity contribution in [2.45, 2.75) is 19.4 Å². The van der Waals surface area contributed by atoms with Gasteiger partial charge >= 0.3 is 0 Å². The van der Waals surface area contributed by atoms with Gasteiger partial charge in [0.1, 0.15) is 5.76 Å². The molecule has 2 aromatic carbocycles. The van der Waals surface area contributed by atoms with Crippen LogP contribution in [-0.4, -0.2) is 67.5 Å². The van der Waals surface area contributed by atoms with Crippen LogP contribution in [0, 0.1) is 0 Å². The average molecular weight is 439 g/mol. The second-order valence-electron chi connectivity index (χ2n) is 7.86. The molecule has 0 saturated carbocycles. The van der Waals surface area contributed by atoms with E-state index in [1.54, 1.807) is 49.6 Å². The van der Waals surface area contributed by atoms with E-state index in [1.165, 1.54) is 4.90 Å². The zero-order chi connectivity index (χ0) is 23.3. The van der Waals surface area contributed by atoms with Crippen LogP contribution in [0.2, 0.25) is 0 Å². The molecule has 0 unspecified atom stereocenters. The number of rotatable bonds is 9. The van der Waals surface area contributed by atoms with Crippen molar-refractivity contribution in [3.63, 3.8) is 0 Å². The molecule has 1 atom stereocenters. The number of aliphatic hydroxyl groups is 1. The van der Waals surface area contributed by atoms with E-state index in [9.17, 15) is 14.7 Å². The number of aliphatic hydroxyl groups excluding tert-OH is 1. The van der Waals surface area contributed by atoms with Crippen LogP contribution in [-0.2, 0) is 9.59 Å². The molecular weight excluding hydrogens is 408 g/mol. The second-order valence-corrected chi connectivity index (χ2v) is 7.86. The number of carbonyl (C=O) groups is 2. The molecule has 1 fully saturated rings. The highest BCUT2D eigenvalue weighted by Crippen LogP contribution is 2.42. The molecule has 0 bridgehead atoms. The fourth-order valence-electron chi connectivity index (χ4n) is 3.90. The first-order valence-electron chi connectivity index (χ1n) is 10.7. The van der Waals surface area contributed by atoms with Crippen LogP contribution >= 0.6 is 0 Å². The molecular formula is C25H30N2O5. The Morgan fingerprint density at radius 1 is 1.09 bits per heavy atom. The van der Waals surface area contributed by atoms with Gasteiger partial charge in [-0.2, -0.15) is 0 Å². The largest absolute Gasteiger partial charge is 0.507 e. The van der Waals surface area contributed by atoms with Crippen LogP contribution in [0.4, 0.5) is 0 Å². The van der Waals surface area contributed by atoms with Gasteiger partial charge in [0, 0.05) is 12.1 Å². The van der Waals surface area contributed by atoms with E-state index in [-0.39, 0.29) is 11.3 Å². The number of ether oxygens (including phenoxy) is 2. The second kappa shape index (κ2) is 10.3. The maximum atomic E-state index is 13.1. The number of benzene rings is 2. The monoisotopic (exact) mass is 438 g/mol. The lowest BCUT2D eigenvalue weighted by molar-refractivity contribution is -0.139. The normalized spacial score (nSPS) is 17.8. The molecule has 1 heterocycles. The first-order valence-corrected chi connectivity index (χ1v) is 10.7. The number of hydrogen-bond acceptors (Lipinski definition) is 6. The zero-order valence-electron chi connectivity index (χ0n) is 19.0. The summed E-state index contributed by atoms with van der Waals surface area (Å²) in [6.07, 6.45) is 0.691. The Morgan fingerprint density at radius 3 is 2.44 bits per heavy atom. The van der Waals surface area contributed by atoms with Crippen molar-refractivity contribution in [1.82, 2.24) is 9.80 Å². The summed E-state index contributed by atoms with van der Waals surface area (Å²) < 4.78 is 11.1. The molecule has 32 heavy (non-hydrogen) atoms. The molecule has 1 amide bonds. The van der Waals surface area contributed by atoms with Crippen LogP contribution < -0.4 is 9.47 Å². The molecule has 1 aliphatic rings. The third-order valence-corrected chi connectivity index (χ3v) is 5.39. The fourth-order valence-corrected chi connectivity index (χ4v) is 3.90. The first-order chi connectivity index (χ1) is 15.4. The summed E-state index contributed by atoms with van der Waals surface area (Å²) in [6.45, 7) is 3.51. The highest BCUT2D eigenvalue weighted by atomic mass is 16.5. The van der Waals surface area contributed by atoms with Crippen molar-refractivity contribution in [2.75, 3.05) is 40.9 Å². The minimum Gasteiger partial charge on any atom is -0.507 e. The Hall–Kier alpha value is -3.32. The minimum atomic E-state index is -0.720. The van der Waals surface area contributed by atoms with E-state index in [2.05, 4.69) is 0 Å². The van der Waals surface area contributed by atoms with Gasteiger partial charge in [0.2, 0.25) is 0 Å². The summed E-state index contributed by atoms with van der Waals surface area (Å²) >= 11 is 0. The van der Waals surface area contributed by atoms with Crippen LogP contribution in [0.15, 0.2) is 54.1 Å². The van der Waals surface area contributed by atoms with Crippen LogP contribution in [0.1, 0.15) is 30.5 Å². The lowest BCUT2D eigenvalue weighted by atomic mass is 9.95. The van der Waals surface area contributed by atoms with Crippen LogP contribution in [0.5, 0.6) is 11.5 Å². The summed E-state index contributed by atoms with van der Waals surface area (Å²) in [7, 11) is 5.45. The fraction of sp³-hybridized carbons (Fsp3) is 0.360. The van der Waals surface area contributed by atoms with Crippen molar-refractivity contribution < 1.29 is 24.2 Å². The highest BCUT2D eigenvalue weighted by molar-refractivity contribution is 6.46. The predicted octanol–water partition coefficient (Wildman–Crippen LogP) is 3.47. The Balaban J connectivity index is 2.12. The van der Waals surface area contributed by atoms with Gasteiger partial charge in [-0.25, -0.2) is 0 Å². The van der Waals surface area contributed by atoms with Crippen molar-refractivity contribution in [1.29, 1.82) is 0 Å². The lowest BCUT2D eigenvalue weighted by Gasteiger charge is -2.26. The summed E-state index contributed by atoms with van der Waals surface area (Å²) in [5, 5.41) is 11.1. The number of ketones is 1. The number of Topliss-reactive ketones (excluding diaryl/α,β-unsaturated/α-hetero) is 1. The van der Waals surface area contributed by atoms with E-state index < -0.39 is 17.7 Å². The topological polar surface area (TPSA) is 79.3 Å². The van der Waals surface area contributed by atoms with E-state index in [1.807, 2.05) is 32.0 Å². The van der Waals surface area contributed by atoms with Gasteiger partial charge in [-0.05, 0) is 51.7 Å². The van der Waals surface area contributed by atoms with Gasteiger partial charge in [0.25, 0.3) is 11.7 Å². The highest BCUT2D eigenvalue weighted by Gasteiger charge is 2.46. The standard InChI is InChI=1S/C25H30N2O5/c1-5-32-19-13-12-18(16-20(19)31-4)22-21(23(28)17-10-7-6-8-11-17)24(29)25(30)27(22)15-9-14-26(2)3/h6-8,10-13,16,22,28H,5,9,14-15H2,1-4H3/b23-21+/t22-/m0/s1. The van der Waals surface area contributed by atoms with Crippen LogP contribution in [0.25, 0.3) is 5.76 Å². The molecule has 0 aliphatic carbocycles. The number of nitrogens with zero attached hydrogens (tertiary/aromatic N) is 2. The third-order valence-electron chi connectivity index (χ3n) is 5.39. The van der Waals surface area contributed by atoms with Gasteiger partial charge in [-0.3, -0.25) is 9.59 Å². The van der Waals surface area contributed by atoms with Crippen molar-refractivity contribution in [2.24, 2.45) is 0 Å². The number of methoxy groups -OCH3 is 1. The number of carbonyl (C=O) groups excluding carboxylic acids is 2. The summed E-state index contributed by atoms with van der Waals surface area (Å²) in [5.41, 5.74) is 1.24. The molecule has 7 nitrogen and oxygen atoms in total. The van der Waals surface area contributed by atoms with E-state index in [0.717, 1.165) is 6.54 Å². The summed E-state index contributed by atoms with van der Waals surface area (Å²) in [4.78, 5) is 29.6.